The Morgan fingerprint density at radius 2 is 1.92 bits per heavy atom. The van der Waals surface area contributed by atoms with Crippen LogP contribution in [-0.4, -0.2) is 36.7 Å². The average Bonchev–Trinajstić information content (AvgIpc) is 3.18. The van der Waals surface area contributed by atoms with Crippen molar-refractivity contribution < 1.29 is 13.2 Å². The first-order valence-corrected chi connectivity index (χ1v) is 9.74. The highest BCUT2D eigenvalue weighted by Crippen LogP contribution is 2.22. The summed E-state index contributed by atoms with van der Waals surface area (Å²) in [6.07, 6.45) is 3.42. The summed E-state index contributed by atoms with van der Waals surface area (Å²) in [6, 6.07) is 11.4. The van der Waals surface area contributed by atoms with E-state index in [1.165, 1.54) is 16.4 Å². The smallest absolute Gasteiger partial charge is 0.251 e. The molecular formula is C18H21N3O3S. The zero-order valence-corrected chi connectivity index (χ0v) is 14.9. The average molecular weight is 359 g/mol. The van der Waals surface area contributed by atoms with E-state index in [0.29, 0.717) is 18.7 Å². The minimum Gasteiger partial charge on any atom is -0.344 e. The maximum atomic E-state index is 12.6. The molecular weight excluding hydrogens is 338 g/mol. The van der Waals surface area contributed by atoms with Crippen LogP contribution in [0, 0.1) is 0 Å². The number of hydrogen-bond acceptors (Lipinski definition) is 4. The second-order valence-corrected chi connectivity index (χ2v) is 8.03. The molecule has 0 spiro atoms. The van der Waals surface area contributed by atoms with Gasteiger partial charge in [0.25, 0.3) is 5.91 Å². The Hall–Kier alpha value is -2.25. The summed E-state index contributed by atoms with van der Waals surface area (Å²) in [7, 11) is -3.53. The quantitative estimate of drug-likeness (QED) is 0.889. The normalized spacial score (nSPS) is 16.5. The molecule has 1 aliphatic heterocycles. The fourth-order valence-electron chi connectivity index (χ4n) is 2.86. The zero-order valence-electron chi connectivity index (χ0n) is 14.1. The highest BCUT2D eigenvalue weighted by molar-refractivity contribution is 7.89. The predicted octanol–water partition coefficient (Wildman–Crippen LogP) is 2.36. The van der Waals surface area contributed by atoms with Crippen molar-refractivity contribution in [1.82, 2.24) is 14.6 Å². The number of benzene rings is 1. The number of amides is 1. The SMILES string of the molecule is CC(NC(=O)c1cccc(S(=O)(=O)N2CCCC2)c1)c1ccccn1. The molecule has 2 heterocycles. The van der Waals surface area contributed by atoms with Gasteiger partial charge in [0, 0.05) is 24.8 Å². The molecule has 2 aromatic rings. The Labute approximate surface area is 147 Å². The first-order chi connectivity index (χ1) is 12.0. The number of carbonyl (C=O) groups is 1. The molecule has 1 aromatic carbocycles. The van der Waals surface area contributed by atoms with Crippen LogP contribution in [0.3, 0.4) is 0 Å². The van der Waals surface area contributed by atoms with Crippen LogP contribution < -0.4 is 5.32 Å². The van der Waals surface area contributed by atoms with Crippen molar-refractivity contribution in [3.63, 3.8) is 0 Å². The number of aromatic nitrogens is 1. The standard InChI is InChI=1S/C18H21N3O3S/c1-14(17-9-2-3-10-19-17)20-18(22)15-7-6-8-16(13-15)25(23,24)21-11-4-5-12-21/h2-3,6-10,13-14H,4-5,11-12H2,1H3,(H,20,22). The fraction of sp³-hybridized carbons (Fsp3) is 0.333. The van der Waals surface area contributed by atoms with Gasteiger partial charge in [0.2, 0.25) is 10.0 Å². The van der Waals surface area contributed by atoms with Gasteiger partial charge in [0.05, 0.1) is 16.6 Å². The lowest BCUT2D eigenvalue weighted by Crippen LogP contribution is -2.29. The number of rotatable bonds is 5. The third-order valence-electron chi connectivity index (χ3n) is 4.28. The summed E-state index contributed by atoms with van der Waals surface area (Å²) >= 11 is 0. The van der Waals surface area contributed by atoms with Crippen molar-refractivity contribution in [3.05, 3.63) is 59.9 Å². The summed E-state index contributed by atoms with van der Waals surface area (Å²) in [5.41, 5.74) is 1.07. The maximum absolute atomic E-state index is 12.6. The summed E-state index contributed by atoms with van der Waals surface area (Å²) in [4.78, 5) is 16.9. The van der Waals surface area contributed by atoms with Crippen LogP contribution in [0.25, 0.3) is 0 Å². The van der Waals surface area contributed by atoms with E-state index in [9.17, 15) is 13.2 Å². The molecule has 7 heteroatoms. The van der Waals surface area contributed by atoms with Crippen LogP contribution in [0.1, 0.15) is 41.9 Å². The molecule has 0 aliphatic carbocycles. The first-order valence-electron chi connectivity index (χ1n) is 8.30. The van der Waals surface area contributed by atoms with Gasteiger partial charge >= 0.3 is 0 Å². The minimum atomic E-state index is -3.53. The van der Waals surface area contributed by atoms with Crippen molar-refractivity contribution in [3.8, 4) is 0 Å². The molecule has 6 nitrogen and oxygen atoms in total. The number of hydrogen-bond donors (Lipinski definition) is 1. The highest BCUT2D eigenvalue weighted by Gasteiger charge is 2.27. The molecule has 132 valence electrons. The molecule has 1 fully saturated rings. The number of pyridine rings is 1. The molecule has 1 aliphatic rings. The van der Waals surface area contributed by atoms with Crippen molar-refractivity contribution in [1.29, 1.82) is 0 Å². The van der Waals surface area contributed by atoms with Crippen LogP contribution in [0.15, 0.2) is 53.6 Å². The van der Waals surface area contributed by atoms with E-state index in [0.717, 1.165) is 18.5 Å². The fourth-order valence-corrected chi connectivity index (χ4v) is 4.42. The van der Waals surface area contributed by atoms with Gasteiger partial charge in [-0.3, -0.25) is 9.78 Å². The van der Waals surface area contributed by atoms with Gasteiger partial charge in [-0.05, 0) is 50.1 Å². The third-order valence-corrected chi connectivity index (χ3v) is 6.17. The van der Waals surface area contributed by atoms with Crippen LogP contribution in [0.5, 0.6) is 0 Å². The Morgan fingerprint density at radius 1 is 1.16 bits per heavy atom. The van der Waals surface area contributed by atoms with E-state index in [1.807, 2.05) is 25.1 Å². The second kappa shape index (κ2) is 7.33. The maximum Gasteiger partial charge on any atom is 0.251 e. The highest BCUT2D eigenvalue weighted by atomic mass is 32.2. The molecule has 1 amide bonds. The minimum absolute atomic E-state index is 0.160. The predicted molar refractivity (Wildman–Crippen MR) is 94.6 cm³/mol. The van der Waals surface area contributed by atoms with Crippen LogP contribution in [0.2, 0.25) is 0 Å². The third kappa shape index (κ3) is 3.88. The lowest BCUT2D eigenvalue weighted by Gasteiger charge is -2.17. The van der Waals surface area contributed by atoms with E-state index in [1.54, 1.807) is 18.3 Å². The van der Waals surface area contributed by atoms with Crippen molar-refractivity contribution in [2.24, 2.45) is 0 Å². The molecule has 0 saturated carbocycles. The molecule has 0 radical (unpaired) electrons. The largest absolute Gasteiger partial charge is 0.344 e. The Balaban J connectivity index is 1.78. The first kappa shape index (κ1) is 17.6. The number of nitrogens with zero attached hydrogens (tertiary/aromatic N) is 2. The Bertz CT molecular complexity index is 847. The van der Waals surface area contributed by atoms with E-state index in [4.69, 9.17) is 0 Å². The topological polar surface area (TPSA) is 79.4 Å². The lowest BCUT2D eigenvalue weighted by molar-refractivity contribution is 0.0939. The number of nitrogens with one attached hydrogen (secondary N) is 1. The monoisotopic (exact) mass is 359 g/mol. The summed E-state index contributed by atoms with van der Waals surface area (Å²) in [6.45, 7) is 2.91. The lowest BCUT2D eigenvalue weighted by atomic mass is 10.1. The zero-order chi connectivity index (χ0) is 17.9. The number of carbonyl (C=O) groups excluding carboxylic acids is 1. The summed E-state index contributed by atoms with van der Waals surface area (Å²) in [5, 5.41) is 2.85. The van der Waals surface area contributed by atoms with Crippen LogP contribution in [0.4, 0.5) is 0 Å². The number of sulfonamides is 1. The molecule has 1 saturated heterocycles. The van der Waals surface area contributed by atoms with Crippen molar-refractivity contribution in [2.45, 2.75) is 30.7 Å². The van der Waals surface area contributed by atoms with Gasteiger partial charge in [-0.15, -0.1) is 0 Å². The molecule has 1 unspecified atom stereocenters. The van der Waals surface area contributed by atoms with Gasteiger partial charge in [-0.2, -0.15) is 4.31 Å². The van der Waals surface area contributed by atoms with E-state index >= 15 is 0 Å². The Kier molecular flexibility index (Phi) is 5.15. The van der Waals surface area contributed by atoms with Gasteiger partial charge in [-0.1, -0.05) is 12.1 Å². The molecule has 1 N–H and O–H groups in total. The summed E-state index contributed by atoms with van der Waals surface area (Å²) < 4.78 is 26.7. The molecule has 0 bridgehead atoms. The van der Waals surface area contributed by atoms with E-state index in [-0.39, 0.29) is 16.8 Å². The van der Waals surface area contributed by atoms with Crippen LogP contribution >= 0.6 is 0 Å². The van der Waals surface area contributed by atoms with Crippen molar-refractivity contribution in [2.75, 3.05) is 13.1 Å². The molecule has 3 rings (SSSR count). The van der Waals surface area contributed by atoms with E-state index < -0.39 is 10.0 Å². The van der Waals surface area contributed by atoms with E-state index in [2.05, 4.69) is 10.3 Å². The second-order valence-electron chi connectivity index (χ2n) is 6.09. The van der Waals surface area contributed by atoms with Gasteiger partial charge in [0.1, 0.15) is 0 Å². The van der Waals surface area contributed by atoms with Gasteiger partial charge in [0.15, 0.2) is 0 Å². The van der Waals surface area contributed by atoms with Crippen molar-refractivity contribution >= 4 is 15.9 Å². The van der Waals surface area contributed by atoms with Gasteiger partial charge in [-0.25, -0.2) is 8.42 Å². The van der Waals surface area contributed by atoms with Crippen LogP contribution in [-0.2, 0) is 10.0 Å². The molecule has 25 heavy (non-hydrogen) atoms. The molecule has 1 aromatic heterocycles. The summed E-state index contributed by atoms with van der Waals surface area (Å²) in [5.74, 6) is -0.323. The van der Waals surface area contributed by atoms with Gasteiger partial charge < -0.3 is 5.32 Å². The molecule has 1 atom stereocenters. The Morgan fingerprint density at radius 3 is 2.60 bits per heavy atom.